The Morgan fingerprint density at radius 3 is 2.30 bits per heavy atom. The molecule has 0 saturated heterocycles. The van der Waals surface area contributed by atoms with Crippen molar-refractivity contribution in [3.63, 3.8) is 0 Å². The van der Waals surface area contributed by atoms with Crippen molar-refractivity contribution in [3.8, 4) is 0 Å². The van der Waals surface area contributed by atoms with Gasteiger partial charge in [-0.15, -0.1) is 0 Å². The van der Waals surface area contributed by atoms with E-state index in [9.17, 15) is 9.50 Å². The maximum atomic E-state index is 13.5. The first-order valence-electron chi connectivity index (χ1n) is 6.84. The van der Waals surface area contributed by atoms with Crippen LogP contribution in [-0.2, 0) is 0 Å². The Bertz CT molecular complexity index is 551. The third kappa shape index (κ3) is 3.58. The molecule has 106 valence electrons. The molecule has 1 unspecified atom stereocenters. The minimum atomic E-state index is -0.860. The standard InChI is InChI=1S/C17H20FNO/c1-12(2)13-7-9-14(10-8-13)19-11-17(20)15-5-3-4-6-16(15)18/h3-10,12,17,19-20H,11H2,1-2H3. The van der Waals surface area contributed by atoms with E-state index in [1.807, 2.05) is 12.1 Å². The topological polar surface area (TPSA) is 32.3 Å². The van der Waals surface area contributed by atoms with Crippen LogP contribution in [0.1, 0.15) is 37.0 Å². The molecule has 0 radical (unpaired) electrons. The van der Waals surface area contributed by atoms with Crippen molar-refractivity contribution < 1.29 is 9.50 Å². The first-order chi connectivity index (χ1) is 9.58. The Morgan fingerprint density at radius 2 is 1.70 bits per heavy atom. The van der Waals surface area contributed by atoms with Gasteiger partial charge in [-0.2, -0.15) is 0 Å². The van der Waals surface area contributed by atoms with Crippen LogP contribution in [0.2, 0.25) is 0 Å². The number of halogens is 1. The molecule has 0 aliphatic rings. The Morgan fingerprint density at radius 1 is 1.05 bits per heavy atom. The van der Waals surface area contributed by atoms with Crippen molar-refractivity contribution in [2.45, 2.75) is 25.9 Å². The SMILES string of the molecule is CC(C)c1ccc(NCC(O)c2ccccc2F)cc1. The number of rotatable bonds is 5. The summed E-state index contributed by atoms with van der Waals surface area (Å²) in [6, 6.07) is 14.4. The second-order valence-corrected chi connectivity index (χ2v) is 5.19. The maximum absolute atomic E-state index is 13.5. The molecule has 3 heteroatoms. The number of hydrogen-bond donors (Lipinski definition) is 2. The highest BCUT2D eigenvalue weighted by molar-refractivity contribution is 5.45. The summed E-state index contributed by atoms with van der Waals surface area (Å²) in [7, 11) is 0. The highest BCUT2D eigenvalue weighted by Gasteiger charge is 2.11. The summed E-state index contributed by atoms with van der Waals surface area (Å²) in [5.41, 5.74) is 2.51. The van der Waals surface area contributed by atoms with Crippen LogP contribution in [0, 0.1) is 5.82 Å². The van der Waals surface area contributed by atoms with Gasteiger partial charge in [0.1, 0.15) is 5.82 Å². The largest absolute Gasteiger partial charge is 0.386 e. The Kier molecular flexibility index (Phi) is 4.74. The number of aliphatic hydroxyl groups excluding tert-OH is 1. The summed E-state index contributed by atoms with van der Waals surface area (Å²) in [5.74, 6) is 0.116. The average Bonchev–Trinajstić information content (AvgIpc) is 2.45. The molecular formula is C17H20FNO. The van der Waals surface area contributed by atoms with Gasteiger partial charge < -0.3 is 10.4 Å². The molecule has 2 N–H and O–H groups in total. The first-order valence-corrected chi connectivity index (χ1v) is 6.84. The van der Waals surface area contributed by atoms with Gasteiger partial charge in [-0.1, -0.05) is 44.2 Å². The van der Waals surface area contributed by atoms with Crippen LogP contribution in [-0.4, -0.2) is 11.7 Å². The molecule has 0 aliphatic heterocycles. The summed E-state index contributed by atoms with van der Waals surface area (Å²) in [5, 5.41) is 13.1. The van der Waals surface area contributed by atoms with Crippen LogP contribution in [0.4, 0.5) is 10.1 Å². The highest BCUT2D eigenvalue weighted by atomic mass is 19.1. The minimum Gasteiger partial charge on any atom is -0.386 e. The molecule has 2 aromatic carbocycles. The summed E-state index contributed by atoms with van der Waals surface area (Å²) < 4.78 is 13.5. The molecule has 0 amide bonds. The van der Waals surface area contributed by atoms with Gasteiger partial charge in [0.15, 0.2) is 0 Å². The zero-order chi connectivity index (χ0) is 14.5. The van der Waals surface area contributed by atoms with E-state index in [0.29, 0.717) is 11.5 Å². The van der Waals surface area contributed by atoms with Crippen LogP contribution in [0.5, 0.6) is 0 Å². The van der Waals surface area contributed by atoms with E-state index >= 15 is 0 Å². The van der Waals surface area contributed by atoms with E-state index in [1.54, 1.807) is 18.2 Å². The molecule has 0 aliphatic carbocycles. The lowest BCUT2D eigenvalue weighted by atomic mass is 10.0. The second-order valence-electron chi connectivity index (χ2n) is 5.19. The number of benzene rings is 2. The minimum absolute atomic E-state index is 0.280. The lowest BCUT2D eigenvalue weighted by Gasteiger charge is -2.14. The molecular weight excluding hydrogens is 253 g/mol. The zero-order valence-corrected chi connectivity index (χ0v) is 11.8. The van der Waals surface area contributed by atoms with Crippen molar-refractivity contribution in [2.24, 2.45) is 0 Å². The lowest BCUT2D eigenvalue weighted by Crippen LogP contribution is -2.13. The predicted molar refractivity (Wildman–Crippen MR) is 80.4 cm³/mol. The molecule has 0 aromatic heterocycles. The molecule has 0 saturated carbocycles. The average molecular weight is 273 g/mol. The van der Waals surface area contributed by atoms with Gasteiger partial charge in [0, 0.05) is 17.8 Å². The normalized spacial score (nSPS) is 12.4. The second kappa shape index (κ2) is 6.53. The molecule has 1 atom stereocenters. The number of anilines is 1. The molecule has 20 heavy (non-hydrogen) atoms. The van der Waals surface area contributed by atoms with Gasteiger partial charge in [-0.3, -0.25) is 0 Å². The monoisotopic (exact) mass is 273 g/mol. The third-order valence-electron chi connectivity index (χ3n) is 3.34. The van der Waals surface area contributed by atoms with E-state index in [4.69, 9.17) is 0 Å². The fourth-order valence-electron chi connectivity index (χ4n) is 2.06. The highest BCUT2D eigenvalue weighted by Crippen LogP contribution is 2.20. The van der Waals surface area contributed by atoms with E-state index < -0.39 is 6.10 Å². The van der Waals surface area contributed by atoms with Gasteiger partial charge >= 0.3 is 0 Å². The molecule has 0 spiro atoms. The van der Waals surface area contributed by atoms with Crippen molar-refractivity contribution in [2.75, 3.05) is 11.9 Å². The fourth-order valence-corrected chi connectivity index (χ4v) is 2.06. The van der Waals surface area contributed by atoms with Gasteiger partial charge in [0.2, 0.25) is 0 Å². The smallest absolute Gasteiger partial charge is 0.129 e. The predicted octanol–water partition coefficient (Wildman–Crippen LogP) is 4.09. The number of aliphatic hydroxyl groups is 1. The number of hydrogen-bond acceptors (Lipinski definition) is 2. The lowest BCUT2D eigenvalue weighted by molar-refractivity contribution is 0.186. The quantitative estimate of drug-likeness (QED) is 0.859. The summed E-state index contributed by atoms with van der Waals surface area (Å²) in [6.45, 7) is 4.57. The summed E-state index contributed by atoms with van der Waals surface area (Å²) >= 11 is 0. The summed E-state index contributed by atoms with van der Waals surface area (Å²) in [6.07, 6.45) is -0.860. The van der Waals surface area contributed by atoms with Gasteiger partial charge in [-0.05, 0) is 29.7 Å². The van der Waals surface area contributed by atoms with Gasteiger partial charge in [0.25, 0.3) is 0 Å². The Balaban J connectivity index is 1.96. The van der Waals surface area contributed by atoms with E-state index in [-0.39, 0.29) is 12.4 Å². The molecule has 2 nitrogen and oxygen atoms in total. The molecule has 2 aromatic rings. The van der Waals surface area contributed by atoms with Gasteiger partial charge in [-0.25, -0.2) is 4.39 Å². The van der Waals surface area contributed by atoms with E-state index in [1.165, 1.54) is 11.6 Å². The van der Waals surface area contributed by atoms with Crippen LogP contribution in [0.15, 0.2) is 48.5 Å². The third-order valence-corrected chi connectivity index (χ3v) is 3.34. The van der Waals surface area contributed by atoms with E-state index in [2.05, 4.69) is 31.3 Å². The fraction of sp³-hybridized carbons (Fsp3) is 0.294. The zero-order valence-electron chi connectivity index (χ0n) is 11.8. The molecule has 0 bridgehead atoms. The van der Waals surface area contributed by atoms with Gasteiger partial charge in [0.05, 0.1) is 6.10 Å². The van der Waals surface area contributed by atoms with Crippen LogP contribution in [0.25, 0.3) is 0 Å². The van der Waals surface area contributed by atoms with Crippen molar-refractivity contribution in [3.05, 3.63) is 65.5 Å². The van der Waals surface area contributed by atoms with Crippen LogP contribution >= 0.6 is 0 Å². The Hall–Kier alpha value is -1.87. The van der Waals surface area contributed by atoms with Crippen molar-refractivity contribution >= 4 is 5.69 Å². The molecule has 2 rings (SSSR count). The number of nitrogens with one attached hydrogen (secondary N) is 1. The first kappa shape index (κ1) is 14.5. The molecule has 0 fully saturated rings. The van der Waals surface area contributed by atoms with Crippen molar-refractivity contribution in [1.82, 2.24) is 0 Å². The van der Waals surface area contributed by atoms with Crippen molar-refractivity contribution in [1.29, 1.82) is 0 Å². The summed E-state index contributed by atoms with van der Waals surface area (Å²) in [4.78, 5) is 0. The Labute approximate surface area is 119 Å². The van der Waals surface area contributed by atoms with E-state index in [0.717, 1.165) is 5.69 Å². The maximum Gasteiger partial charge on any atom is 0.129 e. The molecule has 0 heterocycles. The van der Waals surface area contributed by atoms with Crippen LogP contribution in [0.3, 0.4) is 0 Å². The van der Waals surface area contributed by atoms with Crippen LogP contribution < -0.4 is 5.32 Å².